The molecule has 0 aliphatic carbocycles. The molecule has 0 radical (unpaired) electrons. The maximum absolute atomic E-state index is 11.2. The summed E-state index contributed by atoms with van der Waals surface area (Å²) in [7, 11) is 0. The van der Waals surface area contributed by atoms with Crippen LogP contribution in [-0.4, -0.2) is 19.1 Å². The molecule has 1 aromatic rings. The van der Waals surface area contributed by atoms with Crippen molar-refractivity contribution in [2.24, 2.45) is 5.73 Å². The van der Waals surface area contributed by atoms with Gasteiger partial charge in [-0.15, -0.1) is 0 Å². The maximum Gasteiger partial charge on any atom is 0.248 e. The van der Waals surface area contributed by atoms with Gasteiger partial charge in [-0.1, -0.05) is 18.2 Å². The van der Waals surface area contributed by atoms with Crippen molar-refractivity contribution in [1.82, 2.24) is 0 Å². The summed E-state index contributed by atoms with van der Waals surface area (Å²) < 4.78 is 5.42. The quantitative estimate of drug-likeness (QED) is 0.798. The number of carbonyl (C=O) groups is 1. The monoisotopic (exact) mass is 205 g/mol. The summed E-state index contributed by atoms with van der Waals surface area (Å²) in [5, 5.41) is 0. The minimum absolute atomic E-state index is 0.322. The predicted octanol–water partition coefficient (Wildman–Crippen LogP) is 1.68. The first-order valence-corrected chi connectivity index (χ1v) is 5.25. The molecule has 3 nitrogen and oxygen atoms in total. The van der Waals surface area contributed by atoms with E-state index >= 15 is 0 Å². The van der Waals surface area contributed by atoms with Crippen LogP contribution in [0.3, 0.4) is 0 Å². The van der Waals surface area contributed by atoms with Crippen LogP contribution in [0.1, 0.15) is 34.7 Å². The van der Waals surface area contributed by atoms with Gasteiger partial charge in [0.1, 0.15) is 0 Å². The highest BCUT2D eigenvalue weighted by atomic mass is 16.5. The molecule has 1 aliphatic rings. The van der Waals surface area contributed by atoms with Gasteiger partial charge in [-0.3, -0.25) is 4.79 Å². The Labute approximate surface area is 89.2 Å². The van der Waals surface area contributed by atoms with Crippen LogP contribution in [0.15, 0.2) is 24.3 Å². The molecule has 3 heteroatoms. The molecule has 80 valence electrons. The standard InChI is InChI=1S/C12H15NO2/c13-12(14)11-6-2-1-5-10(11)9-4-3-7-15-8-9/h1-2,5-6,9H,3-4,7-8H2,(H2,13,14)/t9-/m1/s1. The Morgan fingerprint density at radius 3 is 2.87 bits per heavy atom. The van der Waals surface area contributed by atoms with Crippen LogP contribution < -0.4 is 5.73 Å². The largest absolute Gasteiger partial charge is 0.381 e. The van der Waals surface area contributed by atoms with E-state index < -0.39 is 0 Å². The van der Waals surface area contributed by atoms with Crippen LogP contribution in [0.4, 0.5) is 0 Å². The highest BCUT2D eigenvalue weighted by Crippen LogP contribution is 2.27. The highest BCUT2D eigenvalue weighted by molar-refractivity contribution is 5.94. The van der Waals surface area contributed by atoms with E-state index in [1.54, 1.807) is 6.07 Å². The summed E-state index contributed by atoms with van der Waals surface area (Å²) in [4.78, 5) is 11.2. The predicted molar refractivity (Wildman–Crippen MR) is 57.8 cm³/mol. The van der Waals surface area contributed by atoms with Crippen LogP contribution in [-0.2, 0) is 4.74 Å². The number of rotatable bonds is 2. The lowest BCUT2D eigenvalue weighted by molar-refractivity contribution is 0.0797. The zero-order chi connectivity index (χ0) is 10.7. The number of benzene rings is 1. The Hall–Kier alpha value is -1.35. The van der Waals surface area contributed by atoms with Crippen molar-refractivity contribution in [2.75, 3.05) is 13.2 Å². The van der Waals surface area contributed by atoms with Crippen LogP contribution in [0.5, 0.6) is 0 Å². The molecule has 15 heavy (non-hydrogen) atoms. The summed E-state index contributed by atoms with van der Waals surface area (Å²) in [6, 6.07) is 7.54. The van der Waals surface area contributed by atoms with Gasteiger partial charge in [-0.05, 0) is 24.5 Å². The van der Waals surface area contributed by atoms with Crippen molar-refractivity contribution < 1.29 is 9.53 Å². The van der Waals surface area contributed by atoms with E-state index in [1.807, 2.05) is 18.2 Å². The van der Waals surface area contributed by atoms with Crippen molar-refractivity contribution in [3.63, 3.8) is 0 Å². The van der Waals surface area contributed by atoms with Gasteiger partial charge in [0.25, 0.3) is 0 Å². The SMILES string of the molecule is NC(=O)c1ccccc1[C@@H]1CCCOC1. The third-order valence-corrected chi connectivity index (χ3v) is 2.83. The summed E-state index contributed by atoms with van der Waals surface area (Å²) in [5.41, 5.74) is 7.01. The average Bonchev–Trinajstić information content (AvgIpc) is 2.30. The fourth-order valence-corrected chi connectivity index (χ4v) is 2.06. The zero-order valence-corrected chi connectivity index (χ0v) is 8.61. The normalized spacial score (nSPS) is 21.2. The van der Waals surface area contributed by atoms with Gasteiger partial charge < -0.3 is 10.5 Å². The van der Waals surface area contributed by atoms with Gasteiger partial charge in [0.05, 0.1) is 6.61 Å². The molecule has 0 spiro atoms. The summed E-state index contributed by atoms with van der Waals surface area (Å²) in [6.07, 6.45) is 2.13. The first-order chi connectivity index (χ1) is 7.29. The summed E-state index contributed by atoms with van der Waals surface area (Å²) in [6.45, 7) is 1.53. The molecule has 1 aliphatic heterocycles. The Balaban J connectivity index is 2.29. The molecule has 0 bridgehead atoms. The lowest BCUT2D eigenvalue weighted by atomic mass is 9.90. The number of amides is 1. The van der Waals surface area contributed by atoms with Crippen LogP contribution in [0.2, 0.25) is 0 Å². The Morgan fingerprint density at radius 1 is 1.40 bits per heavy atom. The molecule has 0 unspecified atom stereocenters. The van der Waals surface area contributed by atoms with Crippen molar-refractivity contribution in [2.45, 2.75) is 18.8 Å². The molecule has 1 fully saturated rings. The van der Waals surface area contributed by atoms with Gasteiger partial charge in [0, 0.05) is 18.1 Å². The number of hydrogen-bond acceptors (Lipinski definition) is 2. The molecule has 1 saturated heterocycles. The third-order valence-electron chi connectivity index (χ3n) is 2.83. The second kappa shape index (κ2) is 4.45. The summed E-state index contributed by atoms with van der Waals surface area (Å²) in [5.74, 6) is -0.0291. The van der Waals surface area contributed by atoms with E-state index in [0.29, 0.717) is 18.1 Å². The summed E-state index contributed by atoms with van der Waals surface area (Å²) >= 11 is 0. The van der Waals surface area contributed by atoms with E-state index in [9.17, 15) is 4.79 Å². The van der Waals surface area contributed by atoms with Crippen LogP contribution in [0, 0.1) is 0 Å². The van der Waals surface area contributed by atoms with Gasteiger partial charge in [-0.25, -0.2) is 0 Å². The lowest BCUT2D eigenvalue weighted by Crippen LogP contribution is -2.20. The van der Waals surface area contributed by atoms with E-state index in [1.165, 1.54) is 0 Å². The average molecular weight is 205 g/mol. The number of primary amides is 1. The van der Waals surface area contributed by atoms with Crippen LogP contribution >= 0.6 is 0 Å². The second-order valence-corrected chi connectivity index (χ2v) is 3.87. The minimum Gasteiger partial charge on any atom is -0.381 e. The van der Waals surface area contributed by atoms with Gasteiger partial charge in [0.2, 0.25) is 5.91 Å². The van der Waals surface area contributed by atoms with E-state index in [-0.39, 0.29) is 5.91 Å². The Kier molecular flexibility index (Phi) is 3.02. The number of nitrogens with two attached hydrogens (primary N) is 1. The van der Waals surface area contributed by atoms with Gasteiger partial charge >= 0.3 is 0 Å². The maximum atomic E-state index is 11.2. The molecule has 2 N–H and O–H groups in total. The van der Waals surface area contributed by atoms with E-state index in [4.69, 9.17) is 10.5 Å². The van der Waals surface area contributed by atoms with Crippen molar-refractivity contribution in [1.29, 1.82) is 0 Å². The molecular weight excluding hydrogens is 190 g/mol. The van der Waals surface area contributed by atoms with E-state index in [2.05, 4.69) is 0 Å². The topological polar surface area (TPSA) is 52.3 Å². The van der Waals surface area contributed by atoms with Crippen molar-refractivity contribution >= 4 is 5.91 Å². The fourth-order valence-electron chi connectivity index (χ4n) is 2.06. The second-order valence-electron chi connectivity index (χ2n) is 3.87. The zero-order valence-electron chi connectivity index (χ0n) is 8.61. The first-order valence-electron chi connectivity index (χ1n) is 5.25. The van der Waals surface area contributed by atoms with Gasteiger partial charge in [-0.2, -0.15) is 0 Å². The Morgan fingerprint density at radius 2 is 2.20 bits per heavy atom. The van der Waals surface area contributed by atoms with Crippen molar-refractivity contribution in [3.8, 4) is 0 Å². The first kappa shape index (κ1) is 10.2. The van der Waals surface area contributed by atoms with Gasteiger partial charge in [0.15, 0.2) is 0 Å². The molecule has 1 heterocycles. The molecule has 2 rings (SSSR count). The van der Waals surface area contributed by atoms with Crippen molar-refractivity contribution in [3.05, 3.63) is 35.4 Å². The number of hydrogen-bond donors (Lipinski definition) is 1. The van der Waals surface area contributed by atoms with Crippen LogP contribution in [0.25, 0.3) is 0 Å². The van der Waals surface area contributed by atoms with E-state index in [0.717, 1.165) is 25.0 Å². The smallest absolute Gasteiger partial charge is 0.248 e. The Bertz CT molecular complexity index is 356. The third kappa shape index (κ3) is 2.18. The molecule has 0 saturated carbocycles. The molecular formula is C12H15NO2. The highest BCUT2D eigenvalue weighted by Gasteiger charge is 2.20. The lowest BCUT2D eigenvalue weighted by Gasteiger charge is -2.23. The fraction of sp³-hybridized carbons (Fsp3) is 0.417. The molecule has 1 atom stereocenters. The number of carbonyl (C=O) groups excluding carboxylic acids is 1. The number of ether oxygens (including phenoxy) is 1. The molecule has 1 aromatic carbocycles. The molecule has 1 amide bonds. The minimum atomic E-state index is -0.351. The molecule has 0 aromatic heterocycles.